The molecular formula is C9H14ClN3. The van der Waals surface area contributed by atoms with Gasteiger partial charge in [-0.25, -0.2) is 0 Å². The molecule has 0 N–H and O–H groups in total. The Morgan fingerprint density at radius 3 is 2.92 bits per heavy atom. The minimum atomic E-state index is 0.710. The van der Waals surface area contributed by atoms with Gasteiger partial charge in [0, 0.05) is 12.2 Å². The molecule has 0 amide bonds. The summed E-state index contributed by atoms with van der Waals surface area (Å²) in [6.45, 7) is 0.845. The van der Waals surface area contributed by atoms with Crippen LogP contribution in [0.15, 0.2) is 12.4 Å². The van der Waals surface area contributed by atoms with Crippen molar-refractivity contribution >= 4 is 11.6 Å². The standard InChI is InChI=1S/C9H14ClN3/c1-12(9-3-2-4-9)7-13-6-8(10)5-11-13/h5-6,9H,2-4,7H2,1H3. The summed E-state index contributed by atoms with van der Waals surface area (Å²) in [6, 6.07) is 0.753. The third-order valence-electron chi connectivity index (χ3n) is 2.67. The van der Waals surface area contributed by atoms with E-state index in [0.29, 0.717) is 5.02 Å². The second-order valence-electron chi connectivity index (χ2n) is 3.68. The highest BCUT2D eigenvalue weighted by molar-refractivity contribution is 6.30. The van der Waals surface area contributed by atoms with Crippen LogP contribution in [-0.2, 0) is 6.67 Å². The number of hydrogen-bond donors (Lipinski definition) is 0. The minimum absolute atomic E-state index is 0.710. The maximum atomic E-state index is 5.77. The molecule has 0 atom stereocenters. The zero-order chi connectivity index (χ0) is 9.26. The summed E-state index contributed by atoms with van der Waals surface area (Å²) in [5, 5.41) is 4.85. The van der Waals surface area contributed by atoms with E-state index in [9.17, 15) is 0 Å². The lowest BCUT2D eigenvalue weighted by atomic mass is 9.92. The van der Waals surface area contributed by atoms with Gasteiger partial charge >= 0.3 is 0 Å². The van der Waals surface area contributed by atoms with Crippen LogP contribution in [0.25, 0.3) is 0 Å². The third kappa shape index (κ3) is 2.03. The van der Waals surface area contributed by atoms with Crippen LogP contribution < -0.4 is 0 Å². The molecule has 0 radical (unpaired) electrons. The monoisotopic (exact) mass is 199 g/mol. The third-order valence-corrected chi connectivity index (χ3v) is 2.86. The van der Waals surface area contributed by atoms with Crippen molar-refractivity contribution in [3.63, 3.8) is 0 Å². The Morgan fingerprint density at radius 2 is 2.46 bits per heavy atom. The number of hydrogen-bond acceptors (Lipinski definition) is 2. The van der Waals surface area contributed by atoms with Crippen LogP contribution in [0.4, 0.5) is 0 Å². The predicted molar refractivity (Wildman–Crippen MR) is 52.6 cm³/mol. The van der Waals surface area contributed by atoms with Gasteiger partial charge in [-0.1, -0.05) is 18.0 Å². The lowest BCUT2D eigenvalue weighted by Gasteiger charge is -2.34. The number of halogens is 1. The van der Waals surface area contributed by atoms with E-state index in [1.807, 2.05) is 10.9 Å². The minimum Gasteiger partial charge on any atom is -0.285 e. The van der Waals surface area contributed by atoms with Gasteiger partial charge < -0.3 is 0 Å². The van der Waals surface area contributed by atoms with Gasteiger partial charge in [0.25, 0.3) is 0 Å². The molecule has 1 aliphatic carbocycles. The average molecular weight is 200 g/mol. The first-order valence-electron chi connectivity index (χ1n) is 4.64. The molecule has 1 aromatic heterocycles. The number of rotatable bonds is 3. The van der Waals surface area contributed by atoms with Crippen molar-refractivity contribution in [3.05, 3.63) is 17.4 Å². The van der Waals surface area contributed by atoms with Gasteiger partial charge in [-0.05, 0) is 19.9 Å². The highest BCUT2D eigenvalue weighted by Gasteiger charge is 2.21. The maximum absolute atomic E-state index is 5.77. The van der Waals surface area contributed by atoms with E-state index in [2.05, 4.69) is 17.0 Å². The Kier molecular flexibility index (Phi) is 2.56. The van der Waals surface area contributed by atoms with E-state index < -0.39 is 0 Å². The van der Waals surface area contributed by atoms with Crippen molar-refractivity contribution in [2.75, 3.05) is 7.05 Å². The fraction of sp³-hybridized carbons (Fsp3) is 0.667. The molecule has 2 rings (SSSR count). The van der Waals surface area contributed by atoms with Crippen LogP contribution in [0.1, 0.15) is 19.3 Å². The Hall–Kier alpha value is -0.540. The first-order chi connectivity index (χ1) is 6.25. The summed E-state index contributed by atoms with van der Waals surface area (Å²) >= 11 is 5.77. The molecule has 0 saturated heterocycles. The molecule has 0 aliphatic heterocycles. The van der Waals surface area contributed by atoms with E-state index >= 15 is 0 Å². The van der Waals surface area contributed by atoms with E-state index in [-0.39, 0.29) is 0 Å². The van der Waals surface area contributed by atoms with Crippen LogP contribution in [0.5, 0.6) is 0 Å². The van der Waals surface area contributed by atoms with E-state index in [4.69, 9.17) is 11.6 Å². The van der Waals surface area contributed by atoms with Crippen LogP contribution in [-0.4, -0.2) is 27.8 Å². The molecule has 4 heteroatoms. The first-order valence-corrected chi connectivity index (χ1v) is 5.02. The van der Waals surface area contributed by atoms with Gasteiger partial charge in [0.15, 0.2) is 0 Å². The van der Waals surface area contributed by atoms with Crippen molar-refractivity contribution in [1.29, 1.82) is 0 Å². The number of nitrogens with zero attached hydrogens (tertiary/aromatic N) is 3. The Balaban J connectivity index is 1.89. The fourth-order valence-electron chi connectivity index (χ4n) is 1.59. The number of aromatic nitrogens is 2. The average Bonchev–Trinajstić information content (AvgIpc) is 2.31. The van der Waals surface area contributed by atoms with Crippen LogP contribution >= 0.6 is 11.6 Å². The Labute approximate surface area is 83.3 Å². The summed E-state index contributed by atoms with van der Waals surface area (Å²) in [7, 11) is 2.14. The summed E-state index contributed by atoms with van der Waals surface area (Å²) in [5.74, 6) is 0. The SMILES string of the molecule is CN(Cn1cc(Cl)cn1)C1CCC1. The lowest BCUT2D eigenvalue weighted by molar-refractivity contribution is 0.119. The van der Waals surface area contributed by atoms with Crippen LogP contribution in [0.3, 0.4) is 0 Å². The summed E-state index contributed by atoms with van der Waals surface area (Å²) in [5.41, 5.74) is 0. The molecule has 1 fully saturated rings. The van der Waals surface area contributed by atoms with Gasteiger partial charge in [0.1, 0.15) is 0 Å². The van der Waals surface area contributed by atoms with Crippen LogP contribution in [0, 0.1) is 0 Å². The highest BCUT2D eigenvalue weighted by Crippen LogP contribution is 2.23. The maximum Gasteiger partial charge on any atom is 0.0929 e. The zero-order valence-electron chi connectivity index (χ0n) is 7.78. The van der Waals surface area contributed by atoms with Gasteiger partial charge in [-0.15, -0.1) is 0 Å². The predicted octanol–water partition coefficient (Wildman–Crippen LogP) is 1.98. The molecule has 13 heavy (non-hydrogen) atoms. The van der Waals surface area contributed by atoms with Crippen LogP contribution in [0.2, 0.25) is 5.02 Å². The van der Waals surface area contributed by atoms with E-state index in [1.165, 1.54) is 19.3 Å². The van der Waals surface area contributed by atoms with Gasteiger partial charge in [-0.3, -0.25) is 9.58 Å². The summed E-state index contributed by atoms with van der Waals surface area (Å²) in [6.07, 6.45) is 7.55. The zero-order valence-corrected chi connectivity index (χ0v) is 8.54. The second kappa shape index (κ2) is 3.68. The fourth-order valence-corrected chi connectivity index (χ4v) is 1.74. The van der Waals surface area contributed by atoms with Crippen molar-refractivity contribution in [3.8, 4) is 0 Å². The normalized spacial score (nSPS) is 17.8. The molecule has 72 valence electrons. The molecule has 0 aromatic carbocycles. The lowest BCUT2D eigenvalue weighted by Crippen LogP contribution is -2.38. The van der Waals surface area contributed by atoms with Crippen molar-refractivity contribution in [2.45, 2.75) is 32.0 Å². The smallest absolute Gasteiger partial charge is 0.0929 e. The largest absolute Gasteiger partial charge is 0.285 e. The molecule has 1 aromatic rings. The first kappa shape index (κ1) is 9.03. The molecule has 0 spiro atoms. The molecule has 0 unspecified atom stereocenters. The molecule has 1 aliphatic rings. The van der Waals surface area contributed by atoms with Gasteiger partial charge in [0.05, 0.1) is 17.9 Å². The molecule has 1 saturated carbocycles. The molecular weight excluding hydrogens is 186 g/mol. The molecule has 0 bridgehead atoms. The van der Waals surface area contributed by atoms with E-state index in [1.54, 1.807) is 6.20 Å². The molecule has 3 nitrogen and oxygen atoms in total. The van der Waals surface area contributed by atoms with Gasteiger partial charge in [-0.2, -0.15) is 5.10 Å². The van der Waals surface area contributed by atoms with Crippen molar-refractivity contribution in [2.24, 2.45) is 0 Å². The van der Waals surface area contributed by atoms with Crippen molar-refractivity contribution < 1.29 is 0 Å². The topological polar surface area (TPSA) is 21.1 Å². The van der Waals surface area contributed by atoms with Crippen molar-refractivity contribution in [1.82, 2.24) is 14.7 Å². The summed E-state index contributed by atoms with van der Waals surface area (Å²) < 4.78 is 1.88. The van der Waals surface area contributed by atoms with E-state index in [0.717, 1.165) is 12.7 Å². The molecule has 1 heterocycles. The highest BCUT2D eigenvalue weighted by atomic mass is 35.5. The Bertz CT molecular complexity index is 280. The second-order valence-corrected chi connectivity index (χ2v) is 4.12. The van der Waals surface area contributed by atoms with Gasteiger partial charge in [0.2, 0.25) is 0 Å². The Morgan fingerprint density at radius 1 is 1.69 bits per heavy atom. The quantitative estimate of drug-likeness (QED) is 0.743. The summed E-state index contributed by atoms with van der Waals surface area (Å²) in [4.78, 5) is 2.33.